The van der Waals surface area contributed by atoms with E-state index < -0.39 is 0 Å². The summed E-state index contributed by atoms with van der Waals surface area (Å²) in [4.78, 5) is 4.52. The van der Waals surface area contributed by atoms with Crippen molar-refractivity contribution in [2.45, 2.75) is 12.8 Å². The second-order valence-electron chi connectivity index (χ2n) is 4.54. The summed E-state index contributed by atoms with van der Waals surface area (Å²) in [6.45, 7) is 1.97. The summed E-state index contributed by atoms with van der Waals surface area (Å²) in [5.41, 5.74) is 3.61. The van der Waals surface area contributed by atoms with Crippen molar-refractivity contribution in [3.63, 3.8) is 0 Å². The van der Waals surface area contributed by atoms with Crippen molar-refractivity contribution in [1.29, 1.82) is 0 Å². The summed E-state index contributed by atoms with van der Waals surface area (Å²) in [6.07, 6.45) is 0. The first-order valence-corrected chi connectivity index (χ1v) is 7.39. The maximum Gasteiger partial charge on any atom is 0.129 e. The van der Waals surface area contributed by atoms with Crippen molar-refractivity contribution in [3.8, 4) is 5.69 Å². The highest BCUT2D eigenvalue weighted by molar-refractivity contribution is 6.35. The van der Waals surface area contributed by atoms with E-state index in [1.807, 2.05) is 47.9 Å². The minimum absolute atomic E-state index is 0.302. The van der Waals surface area contributed by atoms with Gasteiger partial charge >= 0.3 is 0 Å². The summed E-state index contributed by atoms with van der Waals surface area (Å²) in [7, 11) is 0. The Morgan fingerprint density at radius 3 is 2.60 bits per heavy atom. The van der Waals surface area contributed by atoms with E-state index in [0.29, 0.717) is 15.9 Å². The molecule has 20 heavy (non-hydrogen) atoms. The van der Waals surface area contributed by atoms with E-state index in [1.54, 1.807) is 0 Å². The van der Waals surface area contributed by atoms with Crippen molar-refractivity contribution >= 4 is 45.8 Å². The molecule has 0 aliphatic rings. The summed E-state index contributed by atoms with van der Waals surface area (Å²) < 4.78 is 1.95. The number of benzene rings is 2. The molecule has 0 fully saturated rings. The molecule has 0 amide bonds. The molecule has 5 heteroatoms. The van der Waals surface area contributed by atoms with E-state index in [0.717, 1.165) is 28.1 Å². The first-order chi connectivity index (χ1) is 9.61. The highest BCUT2D eigenvalue weighted by Crippen LogP contribution is 2.30. The van der Waals surface area contributed by atoms with Gasteiger partial charge in [0, 0.05) is 10.7 Å². The number of nitrogens with zero attached hydrogens (tertiary/aromatic N) is 2. The Morgan fingerprint density at radius 1 is 1.10 bits per heavy atom. The normalized spacial score (nSPS) is 11.2. The van der Waals surface area contributed by atoms with Gasteiger partial charge in [0.05, 0.1) is 21.9 Å². The molecule has 0 saturated heterocycles. The fourth-order valence-electron chi connectivity index (χ4n) is 2.22. The lowest BCUT2D eigenvalue weighted by molar-refractivity contribution is 0.981. The Bertz CT molecular complexity index is 793. The molecule has 0 atom stereocenters. The zero-order chi connectivity index (χ0) is 14.3. The number of hydrogen-bond acceptors (Lipinski definition) is 1. The molecule has 0 saturated carbocycles. The fraction of sp³-hybridized carbons (Fsp3) is 0.133. The van der Waals surface area contributed by atoms with Crippen LogP contribution < -0.4 is 0 Å². The second-order valence-corrected chi connectivity index (χ2v) is 5.62. The van der Waals surface area contributed by atoms with E-state index in [4.69, 9.17) is 34.8 Å². The second kappa shape index (κ2) is 5.28. The molecule has 1 aromatic heterocycles. The monoisotopic (exact) mass is 324 g/mol. The van der Waals surface area contributed by atoms with Crippen LogP contribution in [0.15, 0.2) is 36.4 Å². The minimum atomic E-state index is 0.302. The van der Waals surface area contributed by atoms with Crippen molar-refractivity contribution in [2.75, 3.05) is 0 Å². The summed E-state index contributed by atoms with van der Waals surface area (Å²) >= 11 is 18.6. The molecular formula is C15H11Cl3N2. The maximum absolute atomic E-state index is 6.32. The Hall–Kier alpha value is -1.22. The van der Waals surface area contributed by atoms with Gasteiger partial charge in [-0.05, 0) is 36.8 Å². The quantitative estimate of drug-likeness (QED) is 0.578. The van der Waals surface area contributed by atoms with Crippen LogP contribution >= 0.6 is 34.8 Å². The lowest BCUT2D eigenvalue weighted by Gasteiger charge is -2.10. The van der Waals surface area contributed by atoms with Gasteiger partial charge in [-0.25, -0.2) is 4.98 Å². The van der Waals surface area contributed by atoms with Gasteiger partial charge in [0.15, 0.2) is 0 Å². The number of halogens is 3. The van der Waals surface area contributed by atoms with Crippen LogP contribution in [0.2, 0.25) is 10.0 Å². The average Bonchev–Trinajstić information content (AvgIpc) is 2.82. The molecule has 2 aromatic carbocycles. The van der Waals surface area contributed by atoms with Crippen LogP contribution in [0.5, 0.6) is 0 Å². The number of fused-ring (bicyclic) bond motifs is 1. The SMILES string of the molecule is Cc1ccc(-n2c(CCl)nc3cccc(Cl)c32)cc1Cl. The standard InChI is InChI=1S/C15H11Cl3N2/c1-9-5-6-10(7-12(9)18)20-14(8-16)19-13-4-2-3-11(17)15(13)20/h2-7H,8H2,1H3. The Kier molecular flexibility index (Phi) is 3.63. The molecule has 2 nitrogen and oxygen atoms in total. The van der Waals surface area contributed by atoms with E-state index in [1.165, 1.54) is 0 Å². The third-order valence-corrected chi connectivity index (χ3v) is 4.18. The van der Waals surface area contributed by atoms with Gasteiger partial charge in [0.1, 0.15) is 5.82 Å². The molecule has 0 bridgehead atoms. The Labute approximate surface area is 131 Å². The van der Waals surface area contributed by atoms with Crippen LogP contribution in [0.1, 0.15) is 11.4 Å². The number of rotatable bonds is 2. The fourth-order valence-corrected chi connectivity index (χ4v) is 2.83. The van der Waals surface area contributed by atoms with Crippen LogP contribution in [0.25, 0.3) is 16.7 Å². The molecule has 0 spiro atoms. The van der Waals surface area contributed by atoms with E-state index in [9.17, 15) is 0 Å². The van der Waals surface area contributed by atoms with Gasteiger partial charge in [-0.15, -0.1) is 11.6 Å². The predicted octanol–water partition coefficient (Wildman–Crippen LogP) is 5.38. The van der Waals surface area contributed by atoms with Gasteiger partial charge in [-0.3, -0.25) is 4.57 Å². The molecule has 102 valence electrons. The maximum atomic E-state index is 6.32. The van der Waals surface area contributed by atoms with Gasteiger partial charge in [0.2, 0.25) is 0 Å². The predicted molar refractivity (Wildman–Crippen MR) is 85.4 cm³/mol. The van der Waals surface area contributed by atoms with Crippen LogP contribution in [0, 0.1) is 6.92 Å². The zero-order valence-electron chi connectivity index (χ0n) is 10.7. The molecule has 1 heterocycles. The Balaban J connectivity index is 2.36. The topological polar surface area (TPSA) is 17.8 Å². The van der Waals surface area contributed by atoms with E-state index in [2.05, 4.69) is 4.98 Å². The number of alkyl halides is 1. The minimum Gasteiger partial charge on any atom is -0.294 e. The lowest BCUT2D eigenvalue weighted by atomic mass is 10.2. The zero-order valence-corrected chi connectivity index (χ0v) is 13.0. The summed E-state index contributed by atoms with van der Waals surface area (Å²) in [5, 5.41) is 1.35. The molecule has 0 aliphatic carbocycles. The number of hydrogen-bond donors (Lipinski definition) is 0. The highest BCUT2D eigenvalue weighted by atomic mass is 35.5. The van der Waals surface area contributed by atoms with Crippen LogP contribution in [-0.2, 0) is 5.88 Å². The van der Waals surface area contributed by atoms with Crippen LogP contribution in [-0.4, -0.2) is 9.55 Å². The molecule has 0 aliphatic heterocycles. The summed E-state index contributed by atoms with van der Waals surface area (Å²) in [5.74, 6) is 1.05. The van der Waals surface area contributed by atoms with Gasteiger partial charge < -0.3 is 0 Å². The molecule has 3 rings (SSSR count). The number of para-hydroxylation sites is 1. The molecule has 3 aromatic rings. The van der Waals surface area contributed by atoms with E-state index >= 15 is 0 Å². The first-order valence-electron chi connectivity index (χ1n) is 6.10. The third kappa shape index (κ3) is 2.18. The van der Waals surface area contributed by atoms with Crippen molar-refractivity contribution in [2.24, 2.45) is 0 Å². The van der Waals surface area contributed by atoms with Crippen molar-refractivity contribution in [3.05, 3.63) is 57.8 Å². The summed E-state index contributed by atoms with van der Waals surface area (Å²) in [6, 6.07) is 11.5. The molecule has 0 N–H and O–H groups in total. The largest absolute Gasteiger partial charge is 0.294 e. The third-order valence-electron chi connectivity index (χ3n) is 3.23. The molecule has 0 unspecified atom stereocenters. The van der Waals surface area contributed by atoms with Crippen molar-refractivity contribution < 1.29 is 0 Å². The average molecular weight is 326 g/mol. The number of imidazole rings is 1. The van der Waals surface area contributed by atoms with Gasteiger partial charge in [-0.1, -0.05) is 35.3 Å². The number of aryl methyl sites for hydroxylation is 1. The van der Waals surface area contributed by atoms with Crippen LogP contribution in [0.3, 0.4) is 0 Å². The van der Waals surface area contributed by atoms with Crippen molar-refractivity contribution in [1.82, 2.24) is 9.55 Å². The van der Waals surface area contributed by atoms with E-state index in [-0.39, 0.29) is 0 Å². The Morgan fingerprint density at radius 2 is 1.90 bits per heavy atom. The lowest BCUT2D eigenvalue weighted by Crippen LogP contribution is -2.00. The molecular weight excluding hydrogens is 315 g/mol. The first kappa shape index (κ1) is 13.7. The smallest absolute Gasteiger partial charge is 0.129 e. The van der Waals surface area contributed by atoms with Gasteiger partial charge in [0.25, 0.3) is 0 Å². The molecule has 0 radical (unpaired) electrons. The van der Waals surface area contributed by atoms with Gasteiger partial charge in [-0.2, -0.15) is 0 Å². The highest BCUT2D eigenvalue weighted by Gasteiger charge is 2.14. The number of aromatic nitrogens is 2. The van der Waals surface area contributed by atoms with Crippen LogP contribution in [0.4, 0.5) is 0 Å².